The molecule has 0 aliphatic carbocycles. The van der Waals surface area contributed by atoms with Crippen LogP contribution in [-0.2, 0) is 16.6 Å². The maximum atomic E-state index is 12.5. The zero-order valence-corrected chi connectivity index (χ0v) is 20.1. The van der Waals surface area contributed by atoms with Gasteiger partial charge in [0.1, 0.15) is 0 Å². The summed E-state index contributed by atoms with van der Waals surface area (Å²) in [7, 11) is 1.96. The molecule has 8 heteroatoms. The topological polar surface area (TPSA) is 82.5 Å². The van der Waals surface area contributed by atoms with Gasteiger partial charge >= 0.3 is 0 Å². The minimum atomic E-state index is -0.369. The van der Waals surface area contributed by atoms with Gasteiger partial charge in [-0.05, 0) is 36.8 Å². The van der Waals surface area contributed by atoms with E-state index >= 15 is 0 Å². The van der Waals surface area contributed by atoms with Crippen molar-refractivity contribution in [3.63, 3.8) is 0 Å². The second kappa shape index (κ2) is 8.72. The quantitative estimate of drug-likeness (QED) is 0.689. The third kappa shape index (κ3) is 4.26. The zero-order chi connectivity index (χ0) is 23.2. The van der Waals surface area contributed by atoms with Gasteiger partial charge < -0.3 is 10.2 Å². The summed E-state index contributed by atoms with van der Waals surface area (Å²) in [6, 6.07) is 6.29. The van der Waals surface area contributed by atoms with Gasteiger partial charge in [0.2, 0.25) is 11.8 Å². The fraction of sp³-hybridized carbons (Fsp3) is 0.640. The molecular weight excluding hydrogens is 416 g/mol. The van der Waals surface area contributed by atoms with Gasteiger partial charge in [-0.3, -0.25) is 24.5 Å². The van der Waals surface area contributed by atoms with Gasteiger partial charge in [0.05, 0.1) is 22.8 Å². The molecule has 1 aromatic heterocycles. The number of piperazine rings is 1. The van der Waals surface area contributed by atoms with E-state index in [4.69, 9.17) is 5.10 Å². The van der Waals surface area contributed by atoms with Crippen LogP contribution in [0.15, 0.2) is 18.2 Å². The number of benzene rings is 1. The fourth-order valence-electron chi connectivity index (χ4n) is 5.85. The molecule has 2 unspecified atom stereocenters. The molecule has 8 nitrogen and oxygen atoms in total. The molecule has 178 valence electrons. The van der Waals surface area contributed by atoms with Crippen LogP contribution in [0, 0.1) is 11.3 Å². The first-order valence-electron chi connectivity index (χ1n) is 12.3. The number of hydrogen-bond acceptors (Lipinski definition) is 6. The third-order valence-electron chi connectivity index (χ3n) is 7.99. The molecule has 0 bridgehead atoms. The third-order valence-corrected chi connectivity index (χ3v) is 7.99. The van der Waals surface area contributed by atoms with E-state index in [0.717, 1.165) is 61.8 Å². The molecule has 3 saturated heterocycles. The molecule has 4 heterocycles. The first-order chi connectivity index (χ1) is 15.8. The van der Waals surface area contributed by atoms with Gasteiger partial charge in [0.15, 0.2) is 0 Å². The van der Waals surface area contributed by atoms with Gasteiger partial charge in [-0.1, -0.05) is 26.0 Å². The number of anilines is 1. The number of aromatic nitrogens is 2. The van der Waals surface area contributed by atoms with E-state index in [1.165, 1.54) is 18.7 Å². The average molecular weight is 453 g/mol. The van der Waals surface area contributed by atoms with E-state index < -0.39 is 0 Å². The Morgan fingerprint density at radius 1 is 1.12 bits per heavy atom. The summed E-state index contributed by atoms with van der Waals surface area (Å²) >= 11 is 0. The van der Waals surface area contributed by atoms with Gasteiger partial charge in [0.25, 0.3) is 0 Å². The van der Waals surface area contributed by atoms with Gasteiger partial charge in [-0.2, -0.15) is 5.10 Å². The maximum Gasteiger partial charge on any atom is 0.235 e. The van der Waals surface area contributed by atoms with Crippen molar-refractivity contribution in [2.45, 2.75) is 39.0 Å². The predicted molar refractivity (Wildman–Crippen MR) is 129 cm³/mol. The van der Waals surface area contributed by atoms with Gasteiger partial charge in [-0.25, -0.2) is 0 Å². The molecule has 2 N–H and O–H groups in total. The monoisotopic (exact) mass is 452 g/mol. The molecule has 3 aliphatic heterocycles. The summed E-state index contributed by atoms with van der Waals surface area (Å²) in [6.07, 6.45) is 2.14. The standard InChI is InChI=1S/C25H36N6O2/c1-25(2)16-26-10-9-17(25)15-30-11-13-31(14-12-30)20-6-4-5-18-22(28-29(3)23(18)20)19-7-8-21(32)27-24(19)33/h4-6,17,19,26H,7-16H2,1-3H3,(H,27,32,33). The molecule has 3 fully saturated rings. The Bertz CT molecular complexity index is 1050. The molecular formula is C25H36N6O2. The molecule has 1 aromatic carbocycles. The number of carbonyl (C=O) groups is 2. The number of rotatable bonds is 4. The number of nitrogens with zero attached hydrogens (tertiary/aromatic N) is 4. The van der Waals surface area contributed by atoms with Crippen LogP contribution in [-0.4, -0.2) is 72.3 Å². The lowest BCUT2D eigenvalue weighted by molar-refractivity contribution is -0.134. The second-order valence-corrected chi connectivity index (χ2v) is 10.6. The van der Waals surface area contributed by atoms with Crippen molar-refractivity contribution in [3.05, 3.63) is 23.9 Å². The Morgan fingerprint density at radius 3 is 2.64 bits per heavy atom. The van der Waals surface area contributed by atoms with Crippen LogP contribution in [0.5, 0.6) is 0 Å². The Balaban J connectivity index is 1.32. The van der Waals surface area contributed by atoms with Crippen LogP contribution < -0.4 is 15.5 Å². The highest BCUT2D eigenvalue weighted by Crippen LogP contribution is 2.36. The Kier molecular flexibility index (Phi) is 5.91. The fourth-order valence-corrected chi connectivity index (χ4v) is 5.85. The summed E-state index contributed by atoms with van der Waals surface area (Å²) in [5.74, 6) is -0.0530. The smallest absolute Gasteiger partial charge is 0.235 e. The van der Waals surface area contributed by atoms with Crippen LogP contribution >= 0.6 is 0 Å². The zero-order valence-electron chi connectivity index (χ0n) is 20.1. The summed E-state index contributed by atoms with van der Waals surface area (Å²) in [5, 5.41) is 11.8. The minimum Gasteiger partial charge on any atom is -0.367 e. The van der Waals surface area contributed by atoms with Crippen molar-refractivity contribution in [1.82, 2.24) is 25.3 Å². The lowest BCUT2D eigenvalue weighted by atomic mass is 9.74. The first kappa shape index (κ1) is 22.3. The van der Waals surface area contributed by atoms with Crippen molar-refractivity contribution in [2.75, 3.05) is 50.7 Å². The van der Waals surface area contributed by atoms with Crippen molar-refractivity contribution >= 4 is 28.4 Å². The Hall–Kier alpha value is -2.45. The van der Waals surface area contributed by atoms with E-state index in [-0.39, 0.29) is 17.7 Å². The van der Waals surface area contributed by atoms with E-state index in [9.17, 15) is 9.59 Å². The summed E-state index contributed by atoms with van der Waals surface area (Å²) in [5.41, 5.74) is 3.39. The number of piperidine rings is 2. The number of nitrogens with one attached hydrogen (secondary N) is 2. The number of aryl methyl sites for hydroxylation is 1. The average Bonchev–Trinajstić information content (AvgIpc) is 3.12. The lowest BCUT2D eigenvalue weighted by Gasteiger charge is -2.44. The molecule has 0 radical (unpaired) electrons. The summed E-state index contributed by atoms with van der Waals surface area (Å²) in [4.78, 5) is 29.2. The molecule has 2 aromatic rings. The van der Waals surface area contributed by atoms with E-state index in [1.54, 1.807) is 0 Å². The molecule has 33 heavy (non-hydrogen) atoms. The van der Waals surface area contributed by atoms with Crippen LogP contribution in [0.25, 0.3) is 10.9 Å². The number of para-hydroxylation sites is 1. The highest BCUT2D eigenvalue weighted by molar-refractivity contribution is 6.03. The van der Waals surface area contributed by atoms with Gasteiger partial charge in [-0.15, -0.1) is 0 Å². The van der Waals surface area contributed by atoms with Crippen LogP contribution in [0.4, 0.5) is 5.69 Å². The normalized spacial score (nSPS) is 26.6. The summed E-state index contributed by atoms with van der Waals surface area (Å²) in [6.45, 7) is 12.3. The second-order valence-electron chi connectivity index (χ2n) is 10.6. The molecule has 5 rings (SSSR count). The number of amides is 2. The van der Waals surface area contributed by atoms with Crippen LogP contribution in [0.1, 0.15) is 44.7 Å². The van der Waals surface area contributed by atoms with Crippen LogP contribution in [0.3, 0.4) is 0 Å². The number of carbonyl (C=O) groups excluding carboxylic acids is 2. The van der Waals surface area contributed by atoms with Crippen molar-refractivity contribution in [1.29, 1.82) is 0 Å². The SMILES string of the molecule is Cn1nc(C2CCC(=O)NC2=O)c2cccc(N3CCN(CC4CCNCC4(C)C)CC3)c21. The first-order valence-corrected chi connectivity index (χ1v) is 12.3. The van der Waals surface area contributed by atoms with Crippen molar-refractivity contribution in [3.8, 4) is 0 Å². The lowest BCUT2D eigenvalue weighted by Crippen LogP contribution is -2.52. The molecule has 0 spiro atoms. The van der Waals surface area contributed by atoms with E-state index in [2.05, 4.69) is 52.5 Å². The molecule has 2 atom stereocenters. The Morgan fingerprint density at radius 2 is 1.91 bits per heavy atom. The molecule has 3 aliphatic rings. The van der Waals surface area contributed by atoms with Crippen molar-refractivity contribution in [2.24, 2.45) is 18.4 Å². The van der Waals surface area contributed by atoms with E-state index in [1.807, 2.05) is 11.7 Å². The highest BCUT2D eigenvalue weighted by Gasteiger charge is 2.35. The predicted octanol–water partition coefficient (Wildman–Crippen LogP) is 1.85. The van der Waals surface area contributed by atoms with Gasteiger partial charge in [0, 0.05) is 58.1 Å². The van der Waals surface area contributed by atoms with Crippen LogP contribution in [0.2, 0.25) is 0 Å². The van der Waals surface area contributed by atoms with E-state index in [0.29, 0.717) is 18.3 Å². The number of fused-ring (bicyclic) bond motifs is 1. The minimum absolute atomic E-state index is 0.192. The molecule has 2 amide bonds. The Labute approximate surface area is 195 Å². The number of imide groups is 1. The largest absolute Gasteiger partial charge is 0.367 e. The highest BCUT2D eigenvalue weighted by atomic mass is 16.2. The molecule has 0 saturated carbocycles. The number of hydrogen-bond donors (Lipinski definition) is 2. The summed E-state index contributed by atoms with van der Waals surface area (Å²) < 4.78 is 1.91. The maximum absolute atomic E-state index is 12.5. The van der Waals surface area contributed by atoms with Crippen molar-refractivity contribution < 1.29 is 9.59 Å².